The molecule has 1 aromatic carbocycles. The van der Waals surface area contributed by atoms with Gasteiger partial charge in [0.15, 0.2) is 0 Å². The van der Waals surface area contributed by atoms with Gasteiger partial charge < -0.3 is 9.88 Å². The van der Waals surface area contributed by atoms with Crippen LogP contribution in [0, 0.1) is 6.92 Å². The molecule has 4 rings (SSSR count). The smallest absolute Gasteiger partial charge is 0.251 e. The molecule has 3 aromatic rings. The fraction of sp³-hybridized carbons (Fsp3) is 0.286. The van der Waals surface area contributed by atoms with Gasteiger partial charge in [-0.3, -0.25) is 14.3 Å². The van der Waals surface area contributed by atoms with Crippen LogP contribution in [0.5, 0.6) is 0 Å². The van der Waals surface area contributed by atoms with Crippen LogP contribution in [0.15, 0.2) is 47.5 Å². The Morgan fingerprint density at radius 3 is 2.44 bits per heavy atom. The fourth-order valence-corrected chi connectivity index (χ4v) is 3.30. The van der Waals surface area contributed by atoms with Gasteiger partial charge in [-0.1, -0.05) is 12.1 Å². The highest BCUT2D eigenvalue weighted by Gasteiger charge is 2.26. The number of amides is 1. The maximum absolute atomic E-state index is 12.3. The van der Waals surface area contributed by atoms with Crippen LogP contribution in [0.2, 0.25) is 0 Å². The molecule has 0 atom stereocenters. The van der Waals surface area contributed by atoms with Crippen molar-refractivity contribution in [3.8, 4) is 22.3 Å². The number of carbonyl (C=O) groups is 1. The quantitative estimate of drug-likeness (QED) is 0.776. The second-order valence-electron chi connectivity index (χ2n) is 7.05. The Morgan fingerprint density at radius 2 is 1.81 bits per heavy atom. The van der Waals surface area contributed by atoms with Gasteiger partial charge in [0.25, 0.3) is 11.5 Å². The molecule has 6 heteroatoms. The van der Waals surface area contributed by atoms with Crippen LogP contribution in [0.3, 0.4) is 0 Å². The zero-order chi connectivity index (χ0) is 19.1. The standard InChI is InChI=1S/C21H22N4O2/c1-13-18(12-25(23-13)16-8-9-16)19-11-24(3)20(26)10-17(19)14-4-6-15(7-5-14)21(27)22-2/h4-7,10-12,16H,8-9H2,1-3H3,(H,22,27). The molecule has 0 bridgehead atoms. The molecular weight excluding hydrogens is 340 g/mol. The van der Waals surface area contributed by atoms with Crippen molar-refractivity contribution in [1.29, 1.82) is 0 Å². The summed E-state index contributed by atoms with van der Waals surface area (Å²) in [6, 6.07) is 9.46. The Hall–Kier alpha value is -3.15. The van der Waals surface area contributed by atoms with Gasteiger partial charge in [0.1, 0.15) is 0 Å². The lowest BCUT2D eigenvalue weighted by molar-refractivity contribution is 0.0963. The number of hydrogen-bond donors (Lipinski definition) is 1. The lowest BCUT2D eigenvalue weighted by atomic mass is 9.96. The maximum Gasteiger partial charge on any atom is 0.251 e. The minimum atomic E-state index is -0.132. The predicted octanol–water partition coefficient (Wildman–Crippen LogP) is 2.92. The van der Waals surface area contributed by atoms with Gasteiger partial charge in [-0.05, 0) is 43.0 Å². The summed E-state index contributed by atoms with van der Waals surface area (Å²) in [6.45, 7) is 2.00. The van der Waals surface area contributed by atoms with Gasteiger partial charge in [0.05, 0.1) is 11.7 Å². The van der Waals surface area contributed by atoms with Gasteiger partial charge in [0.2, 0.25) is 0 Å². The van der Waals surface area contributed by atoms with Gasteiger partial charge in [-0.15, -0.1) is 0 Å². The zero-order valence-electron chi connectivity index (χ0n) is 15.7. The number of aromatic nitrogens is 3. The monoisotopic (exact) mass is 362 g/mol. The number of benzene rings is 1. The average molecular weight is 362 g/mol. The molecule has 0 radical (unpaired) electrons. The SMILES string of the molecule is CNC(=O)c1ccc(-c2cc(=O)n(C)cc2-c2cn(C3CC3)nc2C)cc1. The highest BCUT2D eigenvalue weighted by atomic mass is 16.1. The van der Waals surface area contributed by atoms with Crippen LogP contribution >= 0.6 is 0 Å². The molecule has 1 N–H and O–H groups in total. The molecule has 27 heavy (non-hydrogen) atoms. The first-order chi connectivity index (χ1) is 13.0. The molecule has 1 saturated carbocycles. The van der Waals surface area contributed by atoms with Crippen molar-refractivity contribution in [2.45, 2.75) is 25.8 Å². The number of hydrogen-bond acceptors (Lipinski definition) is 3. The lowest BCUT2D eigenvalue weighted by Crippen LogP contribution is -2.17. The lowest BCUT2D eigenvalue weighted by Gasteiger charge is -2.11. The van der Waals surface area contributed by atoms with Crippen molar-refractivity contribution in [2.24, 2.45) is 7.05 Å². The summed E-state index contributed by atoms with van der Waals surface area (Å²) in [7, 11) is 3.36. The van der Waals surface area contributed by atoms with Crippen molar-refractivity contribution in [3.05, 3.63) is 64.3 Å². The summed E-state index contributed by atoms with van der Waals surface area (Å²) in [5.74, 6) is -0.132. The van der Waals surface area contributed by atoms with E-state index in [2.05, 4.69) is 16.6 Å². The third kappa shape index (κ3) is 3.18. The van der Waals surface area contributed by atoms with Crippen molar-refractivity contribution < 1.29 is 4.79 Å². The topological polar surface area (TPSA) is 68.9 Å². The second kappa shape index (κ2) is 6.54. The summed E-state index contributed by atoms with van der Waals surface area (Å²) in [4.78, 5) is 24.1. The first kappa shape index (κ1) is 17.3. The van der Waals surface area contributed by atoms with E-state index in [1.165, 1.54) is 12.8 Å². The summed E-state index contributed by atoms with van der Waals surface area (Å²) >= 11 is 0. The van der Waals surface area contributed by atoms with Gasteiger partial charge >= 0.3 is 0 Å². The molecule has 2 aromatic heterocycles. The molecule has 0 saturated heterocycles. The molecule has 1 aliphatic rings. The number of pyridine rings is 1. The van der Waals surface area contributed by atoms with Crippen LogP contribution in [-0.2, 0) is 7.05 Å². The van der Waals surface area contributed by atoms with Gasteiger partial charge in [0, 0.05) is 49.2 Å². The molecule has 1 fully saturated rings. The number of aryl methyl sites for hydroxylation is 2. The molecule has 138 valence electrons. The zero-order valence-corrected chi connectivity index (χ0v) is 15.7. The third-order valence-electron chi connectivity index (χ3n) is 5.04. The van der Waals surface area contributed by atoms with Crippen molar-refractivity contribution in [1.82, 2.24) is 19.7 Å². The number of carbonyl (C=O) groups excluding carboxylic acids is 1. The summed E-state index contributed by atoms with van der Waals surface area (Å²) in [5, 5.41) is 7.28. The van der Waals surface area contributed by atoms with Crippen molar-refractivity contribution >= 4 is 5.91 Å². The Balaban J connectivity index is 1.84. The molecule has 1 aliphatic carbocycles. The van der Waals surface area contributed by atoms with Crippen molar-refractivity contribution in [2.75, 3.05) is 7.05 Å². The highest BCUT2D eigenvalue weighted by molar-refractivity contribution is 5.95. The normalized spacial score (nSPS) is 13.6. The Labute approximate surface area is 157 Å². The predicted molar refractivity (Wildman–Crippen MR) is 105 cm³/mol. The van der Waals surface area contributed by atoms with Crippen LogP contribution in [0.25, 0.3) is 22.3 Å². The molecular formula is C21H22N4O2. The fourth-order valence-electron chi connectivity index (χ4n) is 3.30. The second-order valence-corrected chi connectivity index (χ2v) is 7.05. The highest BCUT2D eigenvalue weighted by Crippen LogP contribution is 2.38. The molecule has 2 heterocycles. The maximum atomic E-state index is 12.3. The van der Waals surface area contributed by atoms with Crippen LogP contribution in [-0.4, -0.2) is 27.3 Å². The average Bonchev–Trinajstić information content (AvgIpc) is 3.45. The van der Waals surface area contributed by atoms with E-state index in [1.807, 2.05) is 29.9 Å². The van der Waals surface area contributed by atoms with E-state index in [4.69, 9.17) is 0 Å². The molecule has 0 aliphatic heterocycles. The van der Waals surface area contributed by atoms with E-state index >= 15 is 0 Å². The van der Waals surface area contributed by atoms with E-state index in [-0.39, 0.29) is 11.5 Å². The van der Waals surface area contributed by atoms with Gasteiger partial charge in [-0.2, -0.15) is 5.10 Å². The summed E-state index contributed by atoms with van der Waals surface area (Å²) in [6.07, 6.45) is 6.28. The summed E-state index contributed by atoms with van der Waals surface area (Å²) in [5.41, 5.74) is 5.20. The van der Waals surface area contributed by atoms with E-state index in [9.17, 15) is 9.59 Å². The van der Waals surface area contributed by atoms with Crippen LogP contribution < -0.4 is 10.9 Å². The van der Waals surface area contributed by atoms with Crippen molar-refractivity contribution in [3.63, 3.8) is 0 Å². The molecule has 0 unspecified atom stereocenters. The first-order valence-corrected chi connectivity index (χ1v) is 9.07. The van der Waals surface area contributed by atoms with Crippen LogP contribution in [0.4, 0.5) is 0 Å². The number of nitrogens with one attached hydrogen (secondary N) is 1. The van der Waals surface area contributed by atoms with Crippen LogP contribution in [0.1, 0.15) is 34.9 Å². The Kier molecular flexibility index (Phi) is 4.18. The molecule has 1 amide bonds. The minimum absolute atomic E-state index is 0.0728. The number of nitrogens with zero attached hydrogens (tertiary/aromatic N) is 3. The Bertz CT molecular complexity index is 1070. The molecule has 6 nitrogen and oxygen atoms in total. The van der Waals surface area contributed by atoms with E-state index in [0.717, 1.165) is 27.9 Å². The van der Waals surface area contributed by atoms with E-state index < -0.39 is 0 Å². The molecule has 0 spiro atoms. The first-order valence-electron chi connectivity index (χ1n) is 9.07. The van der Waals surface area contributed by atoms with E-state index in [0.29, 0.717) is 11.6 Å². The largest absolute Gasteiger partial charge is 0.355 e. The van der Waals surface area contributed by atoms with E-state index in [1.54, 1.807) is 36.9 Å². The summed E-state index contributed by atoms with van der Waals surface area (Å²) < 4.78 is 3.62. The Morgan fingerprint density at radius 1 is 1.11 bits per heavy atom. The third-order valence-corrected chi connectivity index (χ3v) is 5.04. The van der Waals surface area contributed by atoms with Gasteiger partial charge in [-0.25, -0.2) is 0 Å². The number of rotatable bonds is 4. The minimum Gasteiger partial charge on any atom is -0.355 e.